The predicted octanol–water partition coefficient (Wildman–Crippen LogP) is 2.04. The molecule has 0 N–H and O–H groups in total. The first-order chi connectivity index (χ1) is 5.35. The van der Waals surface area contributed by atoms with Gasteiger partial charge in [-0.05, 0) is 19.3 Å². The molecule has 0 aromatic heterocycles. The van der Waals surface area contributed by atoms with Gasteiger partial charge >= 0.3 is 0 Å². The van der Waals surface area contributed by atoms with Gasteiger partial charge in [0.1, 0.15) is 0 Å². The first-order valence-electron chi connectivity index (χ1n) is 4.77. The van der Waals surface area contributed by atoms with E-state index in [1.165, 1.54) is 12.8 Å². The van der Waals surface area contributed by atoms with E-state index in [1.54, 1.807) is 0 Å². The van der Waals surface area contributed by atoms with Crippen LogP contribution in [0.15, 0.2) is 0 Å². The van der Waals surface area contributed by atoms with Gasteiger partial charge in [0.05, 0.1) is 0 Å². The normalized spacial score (nSPS) is 10.9. The van der Waals surface area contributed by atoms with Gasteiger partial charge in [0.2, 0.25) is 0 Å². The van der Waals surface area contributed by atoms with Crippen molar-refractivity contribution in [3.8, 4) is 0 Å². The molecule has 0 heterocycles. The summed E-state index contributed by atoms with van der Waals surface area (Å²) in [6.45, 7) is 9.79. The standard InChI is InChI=1S/C9H21N2/c1-4-7-10-11(8-5-2)9-6-3/h4-9H2,1-3H3. The van der Waals surface area contributed by atoms with Crippen LogP contribution in [0.2, 0.25) is 0 Å². The maximum Gasteiger partial charge on any atom is 0.0304 e. The van der Waals surface area contributed by atoms with Crippen LogP contribution in [0.4, 0.5) is 0 Å². The molecule has 1 radical (unpaired) electrons. The zero-order valence-corrected chi connectivity index (χ0v) is 8.14. The van der Waals surface area contributed by atoms with Crippen LogP contribution in [0.3, 0.4) is 0 Å². The van der Waals surface area contributed by atoms with Gasteiger partial charge in [-0.1, -0.05) is 20.8 Å². The van der Waals surface area contributed by atoms with Gasteiger partial charge < -0.3 is 0 Å². The van der Waals surface area contributed by atoms with Crippen molar-refractivity contribution in [1.82, 2.24) is 10.4 Å². The average Bonchev–Trinajstić information content (AvgIpc) is 2.01. The van der Waals surface area contributed by atoms with Crippen LogP contribution in [0.5, 0.6) is 0 Å². The summed E-state index contributed by atoms with van der Waals surface area (Å²) in [5, 5.41) is 2.20. The third kappa shape index (κ3) is 6.32. The highest BCUT2D eigenvalue weighted by Crippen LogP contribution is 1.91. The zero-order chi connectivity index (χ0) is 8.53. The maximum absolute atomic E-state index is 4.46. The highest BCUT2D eigenvalue weighted by atomic mass is 15.5. The van der Waals surface area contributed by atoms with Gasteiger partial charge in [-0.25, -0.2) is 5.01 Å². The molecule has 2 heteroatoms. The van der Waals surface area contributed by atoms with Crippen LogP contribution in [0.25, 0.3) is 0 Å². The lowest BCUT2D eigenvalue weighted by Gasteiger charge is -2.18. The number of hydrogen-bond acceptors (Lipinski definition) is 1. The van der Waals surface area contributed by atoms with E-state index in [-0.39, 0.29) is 0 Å². The third-order valence-corrected chi connectivity index (χ3v) is 1.49. The number of nitrogens with zero attached hydrogens (tertiary/aromatic N) is 2. The van der Waals surface area contributed by atoms with Crippen molar-refractivity contribution in [2.45, 2.75) is 40.0 Å². The van der Waals surface area contributed by atoms with Crippen LogP contribution in [0, 0.1) is 0 Å². The summed E-state index contributed by atoms with van der Waals surface area (Å²) in [7, 11) is 0. The predicted molar refractivity (Wildman–Crippen MR) is 49.4 cm³/mol. The van der Waals surface area contributed by atoms with E-state index < -0.39 is 0 Å². The Labute approximate surface area is 70.9 Å². The van der Waals surface area contributed by atoms with E-state index in [0.29, 0.717) is 0 Å². The molecular weight excluding hydrogens is 136 g/mol. The molecule has 67 valence electrons. The van der Waals surface area contributed by atoms with Crippen molar-refractivity contribution in [1.29, 1.82) is 0 Å². The van der Waals surface area contributed by atoms with Gasteiger partial charge in [-0.15, -0.1) is 0 Å². The van der Waals surface area contributed by atoms with E-state index in [0.717, 1.165) is 26.1 Å². The fourth-order valence-electron chi connectivity index (χ4n) is 1.01. The molecule has 0 aliphatic carbocycles. The molecule has 0 unspecified atom stereocenters. The second-order valence-corrected chi connectivity index (χ2v) is 2.82. The summed E-state index contributed by atoms with van der Waals surface area (Å²) >= 11 is 0. The Bertz CT molecular complexity index is 68.0. The van der Waals surface area contributed by atoms with Crippen LogP contribution >= 0.6 is 0 Å². The van der Waals surface area contributed by atoms with Gasteiger partial charge in [0, 0.05) is 19.6 Å². The molecule has 0 saturated carbocycles. The smallest absolute Gasteiger partial charge is 0.0304 e. The Balaban J connectivity index is 3.34. The van der Waals surface area contributed by atoms with Crippen LogP contribution in [-0.4, -0.2) is 24.6 Å². The molecule has 0 fully saturated rings. The third-order valence-electron chi connectivity index (χ3n) is 1.49. The van der Waals surface area contributed by atoms with Crippen molar-refractivity contribution in [3.63, 3.8) is 0 Å². The van der Waals surface area contributed by atoms with E-state index in [9.17, 15) is 0 Å². The minimum Gasteiger partial charge on any atom is -0.227 e. The van der Waals surface area contributed by atoms with Crippen molar-refractivity contribution >= 4 is 0 Å². The van der Waals surface area contributed by atoms with Gasteiger partial charge in [0.25, 0.3) is 0 Å². The molecule has 0 aliphatic rings. The molecule has 0 aromatic rings. The lowest BCUT2D eigenvalue weighted by Crippen LogP contribution is -2.33. The monoisotopic (exact) mass is 157 g/mol. The highest BCUT2D eigenvalue weighted by molar-refractivity contribution is 4.48. The summed E-state index contributed by atoms with van der Waals surface area (Å²) in [6.07, 6.45) is 3.56. The molecule has 0 rings (SSSR count). The topological polar surface area (TPSA) is 17.3 Å². The minimum atomic E-state index is 0.986. The molecule has 0 atom stereocenters. The Morgan fingerprint density at radius 2 is 1.45 bits per heavy atom. The Morgan fingerprint density at radius 1 is 0.909 bits per heavy atom. The zero-order valence-electron chi connectivity index (χ0n) is 8.14. The summed E-state index contributed by atoms with van der Waals surface area (Å²) in [6, 6.07) is 0. The Morgan fingerprint density at radius 3 is 1.82 bits per heavy atom. The lowest BCUT2D eigenvalue weighted by molar-refractivity contribution is 0.180. The second-order valence-electron chi connectivity index (χ2n) is 2.82. The van der Waals surface area contributed by atoms with Crippen LogP contribution in [0.1, 0.15) is 40.0 Å². The fourth-order valence-corrected chi connectivity index (χ4v) is 1.01. The van der Waals surface area contributed by atoms with Gasteiger partial charge in [-0.2, -0.15) is 5.43 Å². The Hall–Kier alpha value is -0.0800. The average molecular weight is 157 g/mol. The molecule has 0 aromatic carbocycles. The van der Waals surface area contributed by atoms with Crippen molar-refractivity contribution in [3.05, 3.63) is 0 Å². The van der Waals surface area contributed by atoms with E-state index >= 15 is 0 Å². The number of rotatable bonds is 7. The number of hydrogen-bond donors (Lipinski definition) is 0. The molecule has 0 saturated heterocycles. The first-order valence-corrected chi connectivity index (χ1v) is 4.77. The minimum absolute atomic E-state index is 0.986. The van der Waals surface area contributed by atoms with E-state index in [2.05, 4.69) is 31.2 Å². The molecule has 0 spiro atoms. The van der Waals surface area contributed by atoms with E-state index in [1.807, 2.05) is 0 Å². The SMILES string of the molecule is CCC[N]N(CCC)CCC. The summed E-state index contributed by atoms with van der Waals surface area (Å²) in [4.78, 5) is 0. The highest BCUT2D eigenvalue weighted by Gasteiger charge is 2.00. The molecular formula is C9H21N2. The second kappa shape index (κ2) is 8.02. The van der Waals surface area contributed by atoms with Crippen LogP contribution < -0.4 is 5.43 Å². The van der Waals surface area contributed by atoms with Crippen molar-refractivity contribution in [2.75, 3.05) is 19.6 Å². The molecule has 0 amide bonds. The van der Waals surface area contributed by atoms with E-state index in [4.69, 9.17) is 0 Å². The quantitative estimate of drug-likeness (QED) is 0.517. The molecule has 0 aliphatic heterocycles. The molecule has 0 bridgehead atoms. The molecule has 11 heavy (non-hydrogen) atoms. The fraction of sp³-hybridized carbons (Fsp3) is 1.00. The summed E-state index contributed by atoms with van der Waals surface area (Å²) < 4.78 is 0. The largest absolute Gasteiger partial charge is 0.227 e. The summed E-state index contributed by atoms with van der Waals surface area (Å²) in [5.74, 6) is 0. The van der Waals surface area contributed by atoms with Gasteiger partial charge in [-0.3, -0.25) is 0 Å². The van der Waals surface area contributed by atoms with Gasteiger partial charge in [0.15, 0.2) is 0 Å². The maximum atomic E-state index is 4.46. The summed E-state index contributed by atoms with van der Waals surface area (Å²) in [5.41, 5.74) is 4.46. The van der Waals surface area contributed by atoms with Crippen LogP contribution in [-0.2, 0) is 0 Å². The molecule has 2 nitrogen and oxygen atoms in total. The van der Waals surface area contributed by atoms with Crippen molar-refractivity contribution in [2.24, 2.45) is 0 Å². The first kappa shape index (κ1) is 10.9. The van der Waals surface area contributed by atoms with Crippen molar-refractivity contribution < 1.29 is 0 Å². The Kier molecular flexibility index (Phi) is 7.96. The lowest BCUT2D eigenvalue weighted by atomic mass is 10.4.